The number of likely N-dealkylation sites (tertiary alicyclic amines) is 1. The number of benzene rings is 1. The fourth-order valence-electron chi connectivity index (χ4n) is 3.62. The molecule has 7 heteroatoms. The van der Waals surface area contributed by atoms with Gasteiger partial charge < -0.3 is 0 Å². The third-order valence-corrected chi connectivity index (χ3v) is 6.88. The van der Waals surface area contributed by atoms with Gasteiger partial charge in [-0.15, -0.1) is 0 Å². The lowest BCUT2D eigenvalue weighted by Gasteiger charge is -2.31. The van der Waals surface area contributed by atoms with Crippen molar-refractivity contribution in [3.8, 4) is 0 Å². The molecule has 0 saturated carbocycles. The first-order valence-corrected chi connectivity index (χ1v) is 10.6. The van der Waals surface area contributed by atoms with Crippen LogP contribution in [0.2, 0.25) is 5.02 Å². The second kappa shape index (κ2) is 8.15. The molecule has 3 rings (SSSR count). The Kier molecular flexibility index (Phi) is 6.16. The van der Waals surface area contributed by atoms with Crippen LogP contribution in [0, 0.1) is 0 Å². The molecular formula is C17H26ClN3O2S. The average Bonchev–Trinajstić information content (AvgIpc) is 3.12. The third kappa shape index (κ3) is 4.29. The van der Waals surface area contributed by atoms with E-state index in [1.165, 1.54) is 0 Å². The van der Waals surface area contributed by atoms with Crippen LogP contribution in [-0.4, -0.2) is 50.3 Å². The van der Waals surface area contributed by atoms with E-state index in [4.69, 9.17) is 11.6 Å². The summed E-state index contributed by atoms with van der Waals surface area (Å²) >= 11 is 6.38. The number of nitrogens with one attached hydrogen (secondary N) is 1. The van der Waals surface area contributed by atoms with Gasteiger partial charge in [-0.25, -0.2) is 4.72 Å². The second-order valence-corrected chi connectivity index (χ2v) is 8.76. The van der Waals surface area contributed by atoms with E-state index in [-0.39, 0.29) is 6.04 Å². The minimum absolute atomic E-state index is 0.0132. The zero-order chi connectivity index (χ0) is 17.0. The molecule has 2 aliphatic heterocycles. The number of rotatable bonds is 6. The van der Waals surface area contributed by atoms with Crippen LogP contribution in [0.3, 0.4) is 0 Å². The van der Waals surface area contributed by atoms with E-state index in [9.17, 15) is 8.42 Å². The Bertz CT molecular complexity index is 641. The van der Waals surface area contributed by atoms with Crippen molar-refractivity contribution in [3.05, 3.63) is 34.9 Å². The maximum atomic E-state index is 12.6. The summed E-state index contributed by atoms with van der Waals surface area (Å²) in [6, 6.07) is 7.73. The quantitative estimate of drug-likeness (QED) is 0.836. The maximum Gasteiger partial charge on any atom is 0.279 e. The first kappa shape index (κ1) is 18.1. The summed E-state index contributed by atoms with van der Waals surface area (Å²) in [6.45, 7) is 3.58. The molecule has 0 aromatic heterocycles. The smallest absolute Gasteiger partial charge is 0.279 e. The molecule has 0 amide bonds. The number of hydrogen-bond acceptors (Lipinski definition) is 3. The van der Waals surface area contributed by atoms with E-state index >= 15 is 0 Å². The lowest BCUT2D eigenvalue weighted by Crippen LogP contribution is -2.46. The summed E-state index contributed by atoms with van der Waals surface area (Å²) in [5.74, 6) is 0. The van der Waals surface area contributed by atoms with Gasteiger partial charge >= 0.3 is 0 Å². The van der Waals surface area contributed by atoms with Gasteiger partial charge in [-0.3, -0.25) is 4.90 Å². The molecule has 134 valence electrons. The monoisotopic (exact) mass is 371 g/mol. The van der Waals surface area contributed by atoms with Crippen LogP contribution in [0.25, 0.3) is 0 Å². The zero-order valence-electron chi connectivity index (χ0n) is 14.0. The van der Waals surface area contributed by atoms with Crippen LogP contribution >= 0.6 is 11.6 Å². The average molecular weight is 372 g/mol. The zero-order valence-corrected chi connectivity index (χ0v) is 15.5. The van der Waals surface area contributed by atoms with Crippen molar-refractivity contribution in [2.45, 2.75) is 38.1 Å². The highest BCUT2D eigenvalue weighted by Gasteiger charge is 2.29. The molecule has 0 aliphatic carbocycles. The molecule has 0 bridgehead atoms. The normalized spacial score (nSPS) is 21.9. The van der Waals surface area contributed by atoms with Crippen LogP contribution in [0.4, 0.5) is 0 Å². The summed E-state index contributed by atoms with van der Waals surface area (Å²) in [4.78, 5) is 2.33. The Labute approximate surface area is 150 Å². The van der Waals surface area contributed by atoms with Gasteiger partial charge in [-0.1, -0.05) is 36.2 Å². The maximum absolute atomic E-state index is 12.6. The van der Waals surface area contributed by atoms with E-state index in [1.807, 2.05) is 24.3 Å². The topological polar surface area (TPSA) is 52.7 Å². The summed E-state index contributed by atoms with van der Waals surface area (Å²) in [6.07, 6.45) is 5.31. The van der Waals surface area contributed by atoms with E-state index in [0.717, 1.165) is 50.8 Å². The second-order valence-electron chi connectivity index (χ2n) is 6.59. The van der Waals surface area contributed by atoms with Gasteiger partial charge in [0.2, 0.25) is 0 Å². The molecule has 24 heavy (non-hydrogen) atoms. The molecule has 0 spiro atoms. The molecule has 2 saturated heterocycles. The molecule has 1 atom stereocenters. The fraction of sp³-hybridized carbons (Fsp3) is 0.647. The standard InChI is InChI=1S/C17H26ClN3O2S/c18-16-9-3-2-8-15(16)17(20-10-6-7-11-20)14-19-24(22,23)21-12-4-1-5-13-21/h2-3,8-9,17,19H,1,4-7,10-14H2. The van der Waals surface area contributed by atoms with Crippen LogP contribution in [0.15, 0.2) is 24.3 Å². The Morgan fingerprint density at radius 2 is 1.62 bits per heavy atom. The van der Waals surface area contributed by atoms with Crippen LogP contribution in [-0.2, 0) is 10.2 Å². The highest BCUT2D eigenvalue weighted by Crippen LogP contribution is 2.30. The Balaban J connectivity index is 1.73. The number of piperidine rings is 1. The molecular weight excluding hydrogens is 346 g/mol. The SMILES string of the molecule is O=S(=O)(NCC(c1ccccc1Cl)N1CCCC1)N1CCCCC1. The molecule has 2 heterocycles. The van der Waals surface area contributed by atoms with Gasteiger partial charge in [-0.05, 0) is 50.4 Å². The molecule has 1 unspecified atom stereocenters. The largest absolute Gasteiger partial charge is 0.295 e. The molecule has 0 radical (unpaired) electrons. The highest BCUT2D eigenvalue weighted by atomic mass is 35.5. The minimum Gasteiger partial charge on any atom is -0.295 e. The third-order valence-electron chi connectivity index (χ3n) is 4.96. The van der Waals surface area contributed by atoms with Crippen molar-refractivity contribution in [3.63, 3.8) is 0 Å². The van der Waals surface area contributed by atoms with Crippen molar-refractivity contribution in [1.82, 2.24) is 13.9 Å². The van der Waals surface area contributed by atoms with Crippen molar-refractivity contribution in [1.29, 1.82) is 0 Å². The van der Waals surface area contributed by atoms with Gasteiger partial charge in [0.1, 0.15) is 0 Å². The van der Waals surface area contributed by atoms with Gasteiger partial charge in [0, 0.05) is 30.7 Å². The fourth-order valence-corrected chi connectivity index (χ4v) is 5.17. The van der Waals surface area contributed by atoms with Crippen molar-refractivity contribution in [2.24, 2.45) is 0 Å². The summed E-state index contributed by atoms with van der Waals surface area (Å²) < 4.78 is 29.6. The first-order chi connectivity index (χ1) is 11.6. The molecule has 1 N–H and O–H groups in total. The Morgan fingerprint density at radius 3 is 2.29 bits per heavy atom. The lowest BCUT2D eigenvalue weighted by molar-refractivity contribution is 0.244. The van der Waals surface area contributed by atoms with E-state index < -0.39 is 10.2 Å². The summed E-state index contributed by atoms with van der Waals surface area (Å²) in [5.41, 5.74) is 1.00. The predicted molar refractivity (Wildman–Crippen MR) is 97.3 cm³/mol. The van der Waals surface area contributed by atoms with Crippen LogP contribution in [0.1, 0.15) is 43.7 Å². The van der Waals surface area contributed by atoms with Gasteiger partial charge in [-0.2, -0.15) is 12.7 Å². The first-order valence-electron chi connectivity index (χ1n) is 8.81. The van der Waals surface area contributed by atoms with Crippen LogP contribution < -0.4 is 4.72 Å². The molecule has 2 fully saturated rings. The van der Waals surface area contributed by atoms with E-state index in [0.29, 0.717) is 24.7 Å². The van der Waals surface area contributed by atoms with E-state index in [1.54, 1.807) is 4.31 Å². The molecule has 5 nitrogen and oxygen atoms in total. The van der Waals surface area contributed by atoms with Gasteiger partial charge in [0.25, 0.3) is 10.2 Å². The molecule has 1 aromatic carbocycles. The van der Waals surface area contributed by atoms with Crippen molar-refractivity contribution < 1.29 is 8.42 Å². The van der Waals surface area contributed by atoms with Crippen molar-refractivity contribution in [2.75, 3.05) is 32.7 Å². The molecule has 1 aromatic rings. The molecule has 2 aliphatic rings. The minimum atomic E-state index is -3.42. The predicted octanol–water partition coefficient (Wildman–Crippen LogP) is 2.80. The summed E-state index contributed by atoms with van der Waals surface area (Å²) in [7, 11) is -3.42. The number of nitrogens with zero attached hydrogens (tertiary/aromatic N) is 2. The van der Waals surface area contributed by atoms with E-state index in [2.05, 4.69) is 9.62 Å². The number of hydrogen-bond donors (Lipinski definition) is 1. The van der Waals surface area contributed by atoms with Crippen molar-refractivity contribution >= 4 is 21.8 Å². The van der Waals surface area contributed by atoms with Gasteiger partial charge in [0.15, 0.2) is 0 Å². The Morgan fingerprint density at radius 1 is 1.00 bits per heavy atom. The highest BCUT2D eigenvalue weighted by molar-refractivity contribution is 7.87. The lowest BCUT2D eigenvalue weighted by atomic mass is 10.1. The van der Waals surface area contributed by atoms with Crippen LogP contribution in [0.5, 0.6) is 0 Å². The Hall–Kier alpha value is -0.660. The summed E-state index contributed by atoms with van der Waals surface area (Å²) in [5, 5.41) is 0.701. The number of halogens is 1. The van der Waals surface area contributed by atoms with Gasteiger partial charge in [0.05, 0.1) is 0 Å².